The van der Waals surface area contributed by atoms with E-state index >= 15 is 0 Å². The van der Waals surface area contributed by atoms with Crippen molar-refractivity contribution < 1.29 is 4.79 Å². The molecule has 8 heteroatoms. The number of pyridine rings is 1. The van der Waals surface area contributed by atoms with Crippen molar-refractivity contribution in [2.45, 2.75) is 6.42 Å². The molecule has 0 fully saturated rings. The van der Waals surface area contributed by atoms with Gasteiger partial charge in [-0.25, -0.2) is 4.52 Å². The fourth-order valence-corrected chi connectivity index (χ4v) is 3.12. The highest BCUT2D eigenvalue weighted by Gasteiger charge is 2.13. The predicted octanol–water partition coefficient (Wildman–Crippen LogP) is 4.21. The maximum absolute atomic E-state index is 12.3. The van der Waals surface area contributed by atoms with Crippen LogP contribution in [0.15, 0.2) is 54.9 Å². The Morgan fingerprint density at radius 2 is 2.08 bits per heavy atom. The number of nitrogens with zero attached hydrogens (tertiary/aromatic N) is 3. The number of carbonyl (C=O) groups excluding carboxylic acids is 1. The van der Waals surface area contributed by atoms with Crippen LogP contribution >= 0.6 is 23.2 Å². The van der Waals surface area contributed by atoms with Crippen molar-refractivity contribution in [1.29, 1.82) is 0 Å². The van der Waals surface area contributed by atoms with Crippen LogP contribution in [0, 0.1) is 0 Å². The van der Waals surface area contributed by atoms with Crippen LogP contribution in [-0.4, -0.2) is 25.7 Å². The Morgan fingerprint density at radius 3 is 2.96 bits per heavy atom. The fourth-order valence-electron chi connectivity index (χ4n) is 2.72. The van der Waals surface area contributed by atoms with Gasteiger partial charge in [-0.15, -0.1) is 0 Å². The summed E-state index contributed by atoms with van der Waals surface area (Å²) in [6.07, 6.45) is 3.73. The Labute approximate surface area is 158 Å². The van der Waals surface area contributed by atoms with Crippen molar-refractivity contribution in [1.82, 2.24) is 19.8 Å². The van der Waals surface area contributed by atoms with Crippen LogP contribution in [0.4, 0.5) is 5.82 Å². The molecular weight excluding hydrogens is 373 g/mol. The van der Waals surface area contributed by atoms with Gasteiger partial charge in [0, 0.05) is 23.4 Å². The Kier molecular flexibility index (Phi) is 4.36. The Hall–Kier alpha value is -2.83. The standard InChI is InChI=1S/C18H13Cl2N5O/c19-13-5-3-4-12(18(13)20)14-9-16(24-23-14)22-17(26)8-11-10-21-25-7-2-1-6-15(11)25/h1-7,9-10H,8H2,(H2,22,23,24,26). The zero-order valence-corrected chi connectivity index (χ0v) is 14.9. The molecule has 3 aromatic heterocycles. The number of nitrogens with one attached hydrogen (secondary N) is 2. The number of aromatic nitrogens is 4. The second-order valence-corrected chi connectivity index (χ2v) is 6.48. The van der Waals surface area contributed by atoms with Gasteiger partial charge in [0.2, 0.25) is 5.91 Å². The lowest BCUT2D eigenvalue weighted by Gasteiger charge is -2.02. The first kappa shape index (κ1) is 16.6. The lowest BCUT2D eigenvalue weighted by molar-refractivity contribution is -0.115. The van der Waals surface area contributed by atoms with Crippen molar-refractivity contribution in [2.24, 2.45) is 0 Å². The average molecular weight is 386 g/mol. The quantitative estimate of drug-likeness (QED) is 0.552. The summed E-state index contributed by atoms with van der Waals surface area (Å²) < 4.78 is 1.73. The first-order valence-corrected chi connectivity index (χ1v) is 8.58. The molecule has 4 aromatic rings. The predicted molar refractivity (Wildman–Crippen MR) is 102 cm³/mol. The van der Waals surface area contributed by atoms with Crippen LogP contribution in [0.2, 0.25) is 10.0 Å². The first-order valence-electron chi connectivity index (χ1n) is 7.83. The highest BCUT2D eigenvalue weighted by atomic mass is 35.5. The van der Waals surface area contributed by atoms with Crippen LogP contribution in [0.3, 0.4) is 0 Å². The molecule has 0 aliphatic carbocycles. The summed E-state index contributed by atoms with van der Waals surface area (Å²) in [5.41, 5.74) is 3.13. The molecule has 1 amide bonds. The molecular formula is C18H13Cl2N5O. The fraction of sp³-hybridized carbons (Fsp3) is 0.0556. The van der Waals surface area contributed by atoms with E-state index in [1.54, 1.807) is 28.9 Å². The summed E-state index contributed by atoms with van der Waals surface area (Å²) in [7, 11) is 0. The molecule has 4 rings (SSSR count). The minimum absolute atomic E-state index is 0.181. The average Bonchev–Trinajstić information content (AvgIpc) is 3.25. The number of aromatic amines is 1. The van der Waals surface area contributed by atoms with Gasteiger partial charge < -0.3 is 5.32 Å². The Balaban J connectivity index is 1.50. The highest BCUT2D eigenvalue weighted by molar-refractivity contribution is 6.43. The normalized spacial score (nSPS) is 11.0. The second kappa shape index (κ2) is 6.82. The number of rotatable bonds is 4. The number of halogens is 2. The van der Waals surface area contributed by atoms with Gasteiger partial charge in [-0.3, -0.25) is 9.89 Å². The molecule has 26 heavy (non-hydrogen) atoms. The molecule has 0 atom stereocenters. The van der Waals surface area contributed by atoms with E-state index in [9.17, 15) is 4.79 Å². The molecule has 0 aliphatic heterocycles. The monoisotopic (exact) mass is 385 g/mol. The summed E-state index contributed by atoms with van der Waals surface area (Å²) in [6.45, 7) is 0. The molecule has 0 unspecified atom stereocenters. The van der Waals surface area contributed by atoms with E-state index in [-0.39, 0.29) is 12.3 Å². The van der Waals surface area contributed by atoms with Crippen molar-refractivity contribution >= 4 is 40.4 Å². The van der Waals surface area contributed by atoms with E-state index in [4.69, 9.17) is 23.2 Å². The molecule has 0 radical (unpaired) electrons. The number of H-pyrrole nitrogens is 1. The smallest absolute Gasteiger partial charge is 0.230 e. The van der Waals surface area contributed by atoms with Gasteiger partial charge in [0.1, 0.15) is 0 Å². The van der Waals surface area contributed by atoms with E-state index < -0.39 is 0 Å². The molecule has 3 heterocycles. The lowest BCUT2D eigenvalue weighted by Crippen LogP contribution is -2.14. The number of anilines is 1. The third-order valence-electron chi connectivity index (χ3n) is 3.94. The number of benzene rings is 1. The first-order chi connectivity index (χ1) is 12.6. The second-order valence-electron chi connectivity index (χ2n) is 5.69. The van der Waals surface area contributed by atoms with E-state index in [2.05, 4.69) is 20.6 Å². The van der Waals surface area contributed by atoms with Gasteiger partial charge in [-0.1, -0.05) is 41.4 Å². The molecule has 2 N–H and O–H groups in total. The molecule has 1 aromatic carbocycles. The topological polar surface area (TPSA) is 75.1 Å². The van der Waals surface area contributed by atoms with Gasteiger partial charge in [0.05, 0.1) is 33.9 Å². The minimum Gasteiger partial charge on any atom is -0.309 e. The Bertz CT molecular complexity index is 1100. The maximum Gasteiger partial charge on any atom is 0.230 e. The van der Waals surface area contributed by atoms with Gasteiger partial charge in [-0.05, 0) is 18.2 Å². The summed E-state index contributed by atoms with van der Waals surface area (Å²) in [5, 5.41) is 14.9. The third kappa shape index (κ3) is 3.16. The highest BCUT2D eigenvalue weighted by Crippen LogP contribution is 2.33. The number of carbonyl (C=O) groups is 1. The molecule has 0 bridgehead atoms. The van der Waals surface area contributed by atoms with E-state index in [0.29, 0.717) is 21.6 Å². The summed E-state index contributed by atoms with van der Waals surface area (Å²) in [6, 6.07) is 12.8. The molecule has 0 spiro atoms. The van der Waals surface area contributed by atoms with Crippen LogP contribution < -0.4 is 5.32 Å². The number of fused-ring (bicyclic) bond motifs is 1. The van der Waals surface area contributed by atoms with E-state index in [0.717, 1.165) is 16.6 Å². The van der Waals surface area contributed by atoms with Crippen molar-refractivity contribution in [3.05, 3.63) is 70.5 Å². The molecule has 0 saturated carbocycles. The van der Waals surface area contributed by atoms with Crippen molar-refractivity contribution in [2.75, 3.05) is 5.32 Å². The maximum atomic E-state index is 12.3. The van der Waals surface area contributed by atoms with Crippen molar-refractivity contribution in [3.63, 3.8) is 0 Å². The Morgan fingerprint density at radius 1 is 1.19 bits per heavy atom. The number of hydrogen-bond donors (Lipinski definition) is 2. The van der Waals surface area contributed by atoms with E-state index in [1.165, 1.54) is 0 Å². The molecule has 0 aliphatic rings. The van der Waals surface area contributed by atoms with Crippen LogP contribution in [0.1, 0.15) is 5.56 Å². The third-order valence-corrected chi connectivity index (χ3v) is 4.76. The zero-order valence-electron chi connectivity index (χ0n) is 13.4. The van der Waals surface area contributed by atoms with Crippen LogP contribution in [0.25, 0.3) is 16.8 Å². The van der Waals surface area contributed by atoms with Gasteiger partial charge in [0.25, 0.3) is 0 Å². The van der Waals surface area contributed by atoms with Gasteiger partial charge >= 0.3 is 0 Å². The number of amides is 1. The SMILES string of the molecule is O=C(Cc1cnn2ccccc12)Nc1cc(-c2cccc(Cl)c2Cl)[nH]n1. The molecule has 6 nitrogen and oxygen atoms in total. The zero-order chi connectivity index (χ0) is 18.1. The summed E-state index contributed by atoms with van der Waals surface area (Å²) in [4.78, 5) is 12.3. The van der Waals surface area contributed by atoms with E-state index in [1.807, 2.05) is 30.5 Å². The lowest BCUT2D eigenvalue weighted by atomic mass is 10.1. The van der Waals surface area contributed by atoms with Crippen molar-refractivity contribution in [3.8, 4) is 11.3 Å². The summed E-state index contributed by atoms with van der Waals surface area (Å²) >= 11 is 12.3. The molecule has 0 saturated heterocycles. The minimum atomic E-state index is -0.181. The van der Waals surface area contributed by atoms with Crippen LogP contribution in [-0.2, 0) is 11.2 Å². The molecule has 130 valence electrons. The number of hydrogen-bond acceptors (Lipinski definition) is 3. The largest absolute Gasteiger partial charge is 0.309 e. The van der Waals surface area contributed by atoms with Gasteiger partial charge in [0.15, 0.2) is 5.82 Å². The van der Waals surface area contributed by atoms with Crippen LogP contribution in [0.5, 0.6) is 0 Å². The van der Waals surface area contributed by atoms with Gasteiger partial charge in [-0.2, -0.15) is 10.2 Å². The summed E-state index contributed by atoms with van der Waals surface area (Å²) in [5.74, 6) is 0.233.